The molecule has 9 nitrogen and oxygen atoms in total. The highest BCUT2D eigenvalue weighted by Gasteiger charge is 2.29. The van der Waals surface area contributed by atoms with Crippen molar-refractivity contribution < 1.29 is 24.6 Å². The lowest BCUT2D eigenvalue weighted by molar-refractivity contribution is 0.104. The van der Waals surface area contributed by atoms with Crippen LogP contribution in [0, 0.1) is 0 Å². The Labute approximate surface area is 227 Å². The van der Waals surface area contributed by atoms with Crippen molar-refractivity contribution in [3.8, 4) is 0 Å². The number of ketones is 1. The number of hydrogen-bond donors (Lipinski definition) is 2. The Morgan fingerprint density at radius 3 is 1.37 bits per heavy atom. The number of thiazole rings is 2. The SMILES string of the molecule is CCN(C(=O)O)c1nc(Cc2ccccc2)c(C(=O)c2sc(N(CC)C(=O)O)nc2Cc2ccccc2)s1. The van der Waals surface area contributed by atoms with Crippen LogP contribution in [0.25, 0.3) is 0 Å². The van der Waals surface area contributed by atoms with Gasteiger partial charge in [0, 0.05) is 25.9 Å². The largest absolute Gasteiger partial charge is 0.465 e. The van der Waals surface area contributed by atoms with E-state index in [1.165, 1.54) is 0 Å². The zero-order chi connectivity index (χ0) is 27.2. The molecular formula is C27H26N4O5S2. The predicted molar refractivity (Wildman–Crippen MR) is 148 cm³/mol. The minimum Gasteiger partial charge on any atom is -0.465 e. The third-order valence-electron chi connectivity index (χ3n) is 5.77. The van der Waals surface area contributed by atoms with Crippen molar-refractivity contribution in [2.45, 2.75) is 26.7 Å². The second-order valence-corrected chi connectivity index (χ2v) is 10.2. The monoisotopic (exact) mass is 550 g/mol. The first-order valence-corrected chi connectivity index (χ1v) is 13.6. The second kappa shape index (κ2) is 12.0. The first-order chi connectivity index (χ1) is 18.3. The Morgan fingerprint density at radius 1 is 0.684 bits per heavy atom. The van der Waals surface area contributed by atoms with Gasteiger partial charge in [-0.05, 0) is 25.0 Å². The molecule has 0 fully saturated rings. The molecule has 2 amide bonds. The van der Waals surface area contributed by atoms with E-state index in [9.17, 15) is 24.6 Å². The molecule has 0 aliphatic carbocycles. The standard InChI is InChI=1S/C27H26N4O5S2/c1-3-30(26(33)34)24-28-19(15-17-11-7-5-8-12-17)22(37-24)21(32)23-20(16-18-13-9-6-10-14-18)29-25(38-23)31(4-2)27(35)36/h5-14H,3-4,15-16H2,1-2H3,(H,33,34)(H,35,36). The summed E-state index contributed by atoms with van der Waals surface area (Å²) >= 11 is 2.04. The van der Waals surface area contributed by atoms with Gasteiger partial charge in [-0.3, -0.25) is 14.6 Å². The van der Waals surface area contributed by atoms with Crippen LogP contribution in [0.3, 0.4) is 0 Å². The van der Waals surface area contributed by atoms with Gasteiger partial charge < -0.3 is 10.2 Å². The molecule has 38 heavy (non-hydrogen) atoms. The Balaban J connectivity index is 1.82. The summed E-state index contributed by atoms with van der Waals surface area (Å²) in [5.74, 6) is -0.350. The molecule has 2 aromatic carbocycles. The third kappa shape index (κ3) is 5.90. The lowest BCUT2D eigenvalue weighted by Gasteiger charge is -2.12. The normalized spacial score (nSPS) is 10.8. The Bertz CT molecular complexity index is 1330. The molecule has 0 bridgehead atoms. The molecule has 0 saturated heterocycles. The first kappa shape index (κ1) is 27.0. The molecule has 0 aliphatic heterocycles. The first-order valence-electron chi connectivity index (χ1n) is 11.9. The van der Waals surface area contributed by atoms with Crippen LogP contribution in [0.15, 0.2) is 60.7 Å². The summed E-state index contributed by atoms with van der Waals surface area (Å²) in [5.41, 5.74) is 2.78. The van der Waals surface area contributed by atoms with Crippen LogP contribution >= 0.6 is 22.7 Å². The average molecular weight is 551 g/mol. The topological polar surface area (TPSA) is 124 Å². The number of nitrogens with zero attached hydrogens (tertiary/aromatic N) is 4. The van der Waals surface area contributed by atoms with Gasteiger partial charge in [0.1, 0.15) is 9.75 Å². The summed E-state index contributed by atoms with van der Waals surface area (Å²) in [6.45, 7) is 3.75. The van der Waals surface area contributed by atoms with Gasteiger partial charge in [-0.1, -0.05) is 83.3 Å². The Kier molecular flexibility index (Phi) is 8.49. The molecule has 0 aliphatic rings. The van der Waals surface area contributed by atoms with Gasteiger partial charge in [0.15, 0.2) is 10.3 Å². The molecule has 2 heterocycles. The van der Waals surface area contributed by atoms with Crippen LogP contribution in [0.2, 0.25) is 0 Å². The summed E-state index contributed by atoms with van der Waals surface area (Å²) in [4.78, 5) is 49.7. The fourth-order valence-corrected chi connectivity index (χ4v) is 6.13. The molecule has 0 saturated carbocycles. The number of hydrogen-bond acceptors (Lipinski definition) is 7. The fraction of sp³-hybridized carbons (Fsp3) is 0.222. The quantitative estimate of drug-likeness (QED) is 0.231. The van der Waals surface area contributed by atoms with Gasteiger partial charge in [-0.25, -0.2) is 19.6 Å². The number of benzene rings is 2. The maximum atomic E-state index is 14.1. The van der Waals surface area contributed by atoms with Gasteiger partial charge in [0.05, 0.1) is 11.4 Å². The van der Waals surface area contributed by atoms with Crippen molar-refractivity contribution in [2.75, 3.05) is 22.9 Å². The van der Waals surface area contributed by atoms with Crippen LogP contribution in [-0.4, -0.2) is 51.2 Å². The number of carboxylic acid groups (broad SMARTS) is 2. The van der Waals surface area contributed by atoms with Crippen molar-refractivity contribution in [2.24, 2.45) is 0 Å². The lowest BCUT2D eigenvalue weighted by Crippen LogP contribution is -2.28. The highest BCUT2D eigenvalue weighted by molar-refractivity contribution is 7.21. The second-order valence-electron chi connectivity index (χ2n) is 8.25. The summed E-state index contributed by atoms with van der Waals surface area (Å²) < 4.78 is 0. The minimum atomic E-state index is -1.16. The van der Waals surface area contributed by atoms with E-state index in [2.05, 4.69) is 9.97 Å². The van der Waals surface area contributed by atoms with E-state index >= 15 is 0 Å². The molecular weight excluding hydrogens is 524 g/mol. The van der Waals surface area contributed by atoms with Crippen molar-refractivity contribution in [1.29, 1.82) is 0 Å². The molecule has 0 radical (unpaired) electrons. The number of carbonyl (C=O) groups is 3. The highest BCUT2D eigenvalue weighted by Crippen LogP contribution is 2.35. The van der Waals surface area contributed by atoms with E-state index in [0.29, 0.717) is 34.0 Å². The predicted octanol–water partition coefficient (Wildman–Crippen LogP) is 6.02. The zero-order valence-corrected chi connectivity index (χ0v) is 22.5. The number of carbonyl (C=O) groups excluding carboxylic acids is 1. The van der Waals surface area contributed by atoms with Crippen LogP contribution in [0.1, 0.15) is 50.9 Å². The van der Waals surface area contributed by atoms with Crippen molar-refractivity contribution in [3.63, 3.8) is 0 Å². The number of aromatic nitrogens is 2. The smallest absolute Gasteiger partial charge is 0.413 e. The molecule has 0 unspecified atom stereocenters. The van der Waals surface area contributed by atoms with Gasteiger partial charge in [0.2, 0.25) is 5.78 Å². The molecule has 0 spiro atoms. The molecule has 4 aromatic rings. The van der Waals surface area contributed by atoms with Crippen molar-refractivity contribution in [3.05, 3.63) is 92.9 Å². The third-order valence-corrected chi connectivity index (χ3v) is 8.01. The zero-order valence-electron chi connectivity index (χ0n) is 20.8. The Morgan fingerprint density at radius 2 is 1.05 bits per heavy atom. The highest BCUT2D eigenvalue weighted by atomic mass is 32.1. The number of amides is 2. The fourth-order valence-electron chi connectivity index (χ4n) is 3.89. The van der Waals surface area contributed by atoms with Crippen LogP contribution < -0.4 is 9.80 Å². The van der Waals surface area contributed by atoms with E-state index in [4.69, 9.17) is 0 Å². The summed E-state index contributed by atoms with van der Waals surface area (Å²) in [6, 6.07) is 19.0. The molecule has 11 heteroatoms. The van der Waals surface area contributed by atoms with Crippen LogP contribution in [0.4, 0.5) is 19.9 Å². The maximum absolute atomic E-state index is 14.1. The molecule has 196 valence electrons. The molecule has 0 atom stereocenters. The number of rotatable bonds is 10. The van der Waals surface area contributed by atoms with E-state index in [1.54, 1.807) is 13.8 Å². The van der Waals surface area contributed by atoms with Crippen LogP contribution in [0.5, 0.6) is 0 Å². The van der Waals surface area contributed by atoms with Crippen molar-refractivity contribution in [1.82, 2.24) is 9.97 Å². The molecule has 2 aromatic heterocycles. The lowest BCUT2D eigenvalue weighted by atomic mass is 10.1. The summed E-state index contributed by atoms with van der Waals surface area (Å²) in [6.07, 6.45) is -1.63. The van der Waals surface area contributed by atoms with Gasteiger partial charge >= 0.3 is 12.2 Å². The van der Waals surface area contributed by atoms with E-state index in [0.717, 1.165) is 43.6 Å². The van der Waals surface area contributed by atoms with E-state index < -0.39 is 12.2 Å². The minimum absolute atomic E-state index is 0.176. The van der Waals surface area contributed by atoms with Gasteiger partial charge in [0.25, 0.3) is 0 Å². The van der Waals surface area contributed by atoms with Crippen molar-refractivity contribution >= 4 is 50.9 Å². The summed E-state index contributed by atoms with van der Waals surface area (Å²) in [5, 5.41) is 19.7. The average Bonchev–Trinajstić information content (AvgIpc) is 3.50. The van der Waals surface area contributed by atoms with E-state index in [-0.39, 0.29) is 29.1 Å². The van der Waals surface area contributed by atoms with Crippen LogP contribution in [-0.2, 0) is 12.8 Å². The molecule has 2 N–H and O–H groups in total. The van der Waals surface area contributed by atoms with Gasteiger partial charge in [-0.2, -0.15) is 0 Å². The maximum Gasteiger partial charge on any atom is 0.413 e. The molecule has 4 rings (SSSR count). The van der Waals surface area contributed by atoms with E-state index in [1.807, 2.05) is 60.7 Å². The summed E-state index contributed by atoms with van der Waals surface area (Å²) in [7, 11) is 0. The van der Waals surface area contributed by atoms with Gasteiger partial charge in [-0.15, -0.1) is 0 Å². The number of anilines is 2. The Hall–Kier alpha value is -4.09.